The largest absolute Gasteiger partial charge is 0.497 e. The number of thiazole rings is 1. The summed E-state index contributed by atoms with van der Waals surface area (Å²) in [7, 11) is 1.69. The Kier molecular flexibility index (Phi) is 3.56. The molecule has 0 unspecified atom stereocenters. The van der Waals surface area contributed by atoms with Gasteiger partial charge in [-0.1, -0.05) is 54.6 Å². The van der Waals surface area contributed by atoms with Crippen LogP contribution in [0, 0.1) is 0 Å². The maximum atomic E-state index is 5.28. The summed E-state index contributed by atoms with van der Waals surface area (Å²) in [5.74, 6) is 0.868. The van der Waals surface area contributed by atoms with Gasteiger partial charge in [0.05, 0.1) is 17.3 Å². The van der Waals surface area contributed by atoms with Gasteiger partial charge in [-0.15, -0.1) is 11.3 Å². The Morgan fingerprint density at radius 1 is 0.783 bits per heavy atom. The summed E-state index contributed by atoms with van der Waals surface area (Å²) in [6.07, 6.45) is 0. The lowest BCUT2D eigenvalue weighted by atomic mass is 10.0. The molecule has 0 saturated carbocycles. The number of benzene rings is 3. The molecule has 1 aromatic heterocycles. The Bertz CT molecular complexity index is 942. The van der Waals surface area contributed by atoms with Crippen LogP contribution in [0.3, 0.4) is 0 Å². The van der Waals surface area contributed by atoms with Crippen LogP contribution >= 0.6 is 11.3 Å². The van der Waals surface area contributed by atoms with Gasteiger partial charge < -0.3 is 4.74 Å². The number of hydrogen-bond acceptors (Lipinski definition) is 3. The highest BCUT2D eigenvalue weighted by atomic mass is 32.1. The maximum Gasteiger partial charge on any atom is 0.124 e. The third-order valence-corrected chi connectivity index (χ3v) is 4.90. The van der Waals surface area contributed by atoms with Gasteiger partial charge >= 0.3 is 0 Å². The summed E-state index contributed by atoms with van der Waals surface area (Å²) < 4.78 is 6.43. The lowest BCUT2D eigenvalue weighted by Crippen LogP contribution is -1.80. The molecule has 3 aromatic carbocycles. The predicted molar refractivity (Wildman–Crippen MR) is 97.0 cm³/mol. The van der Waals surface area contributed by atoms with Crippen molar-refractivity contribution >= 4 is 21.6 Å². The molecule has 0 aliphatic heterocycles. The van der Waals surface area contributed by atoms with E-state index in [9.17, 15) is 0 Å². The van der Waals surface area contributed by atoms with Crippen molar-refractivity contribution in [1.82, 2.24) is 4.98 Å². The lowest BCUT2D eigenvalue weighted by Gasteiger charge is -2.02. The molecule has 4 aromatic rings. The Morgan fingerprint density at radius 3 is 2.22 bits per heavy atom. The minimum atomic E-state index is 0.868. The Labute approximate surface area is 139 Å². The third-order valence-electron chi connectivity index (χ3n) is 3.83. The zero-order chi connectivity index (χ0) is 15.6. The van der Waals surface area contributed by atoms with E-state index < -0.39 is 0 Å². The van der Waals surface area contributed by atoms with Crippen molar-refractivity contribution in [2.75, 3.05) is 7.11 Å². The molecule has 0 aliphatic carbocycles. The normalized spacial score (nSPS) is 10.8. The summed E-state index contributed by atoms with van der Waals surface area (Å²) in [6, 6.07) is 25.0. The van der Waals surface area contributed by atoms with Gasteiger partial charge in [-0.2, -0.15) is 0 Å². The van der Waals surface area contributed by atoms with Gasteiger partial charge in [-0.3, -0.25) is 0 Å². The van der Waals surface area contributed by atoms with Crippen molar-refractivity contribution in [3.05, 3.63) is 72.8 Å². The Balaban J connectivity index is 1.70. The minimum absolute atomic E-state index is 0.868. The zero-order valence-corrected chi connectivity index (χ0v) is 13.5. The highest BCUT2D eigenvalue weighted by Gasteiger charge is 2.07. The molecule has 0 radical (unpaired) electrons. The van der Waals surface area contributed by atoms with Crippen LogP contribution in [0.5, 0.6) is 5.75 Å². The monoisotopic (exact) mass is 317 g/mol. The lowest BCUT2D eigenvalue weighted by molar-refractivity contribution is 0.415. The van der Waals surface area contributed by atoms with E-state index in [1.165, 1.54) is 11.1 Å². The topological polar surface area (TPSA) is 22.1 Å². The molecule has 0 atom stereocenters. The smallest absolute Gasteiger partial charge is 0.124 e. The zero-order valence-electron chi connectivity index (χ0n) is 12.7. The molecule has 1 heterocycles. The molecular formula is C20H15NOS. The van der Waals surface area contributed by atoms with Gasteiger partial charge in [0, 0.05) is 5.56 Å². The van der Waals surface area contributed by atoms with E-state index in [1.54, 1.807) is 18.4 Å². The van der Waals surface area contributed by atoms with Gasteiger partial charge in [0.1, 0.15) is 10.8 Å². The molecule has 0 N–H and O–H groups in total. The van der Waals surface area contributed by atoms with Crippen molar-refractivity contribution in [1.29, 1.82) is 0 Å². The summed E-state index contributed by atoms with van der Waals surface area (Å²) in [5.41, 5.74) is 4.60. The van der Waals surface area contributed by atoms with E-state index in [0.717, 1.165) is 26.5 Å². The number of methoxy groups -OCH3 is 1. The third kappa shape index (κ3) is 2.71. The molecule has 0 spiro atoms. The molecule has 112 valence electrons. The molecule has 2 nitrogen and oxygen atoms in total. The molecular weight excluding hydrogens is 302 g/mol. The SMILES string of the molecule is COc1ccc2nc(-c3ccc(-c4ccccc4)cc3)sc2c1. The first-order chi connectivity index (χ1) is 11.3. The highest BCUT2D eigenvalue weighted by Crippen LogP contribution is 2.33. The highest BCUT2D eigenvalue weighted by molar-refractivity contribution is 7.21. The number of ether oxygens (including phenoxy) is 1. The van der Waals surface area contributed by atoms with E-state index in [4.69, 9.17) is 9.72 Å². The van der Waals surface area contributed by atoms with E-state index in [-0.39, 0.29) is 0 Å². The molecule has 23 heavy (non-hydrogen) atoms. The maximum absolute atomic E-state index is 5.28. The second-order valence-electron chi connectivity index (χ2n) is 5.30. The number of aromatic nitrogens is 1. The summed E-state index contributed by atoms with van der Waals surface area (Å²) >= 11 is 1.69. The number of hydrogen-bond donors (Lipinski definition) is 0. The average molecular weight is 317 g/mol. The molecule has 0 fully saturated rings. The first kappa shape index (κ1) is 14.0. The van der Waals surface area contributed by atoms with E-state index in [1.807, 2.05) is 24.3 Å². The predicted octanol–water partition coefficient (Wildman–Crippen LogP) is 5.64. The van der Waals surface area contributed by atoms with Crippen molar-refractivity contribution in [3.63, 3.8) is 0 Å². The van der Waals surface area contributed by atoms with Crippen molar-refractivity contribution in [3.8, 4) is 27.4 Å². The van der Waals surface area contributed by atoms with Crippen LogP contribution in [-0.2, 0) is 0 Å². The first-order valence-corrected chi connectivity index (χ1v) is 8.25. The number of fused-ring (bicyclic) bond motifs is 1. The second-order valence-corrected chi connectivity index (χ2v) is 6.33. The molecule has 0 bridgehead atoms. The fourth-order valence-electron chi connectivity index (χ4n) is 2.59. The van der Waals surface area contributed by atoms with E-state index in [2.05, 4.69) is 48.5 Å². The van der Waals surface area contributed by atoms with Crippen LogP contribution in [0.15, 0.2) is 72.8 Å². The van der Waals surface area contributed by atoms with Gasteiger partial charge in [0.25, 0.3) is 0 Å². The van der Waals surface area contributed by atoms with Gasteiger partial charge in [-0.25, -0.2) is 4.98 Å². The van der Waals surface area contributed by atoms with Crippen molar-refractivity contribution in [2.45, 2.75) is 0 Å². The van der Waals surface area contributed by atoms with Crippen LogP contribution < -0.4 is 4.74 Å². The summed E-state index contributed by atoms with van der Waals surface area (Å²) in [4.78, 5) is 4.72. The van der Waals surface area contributed by atoms with Crippen molar-refractivity contribution in [2.24, 2.45) is 0 Å². The molecule has 4 rings (SSSR count). The summed E-state index contributed by atoms with van der Waals surface area (Å²) in [5, 5.41) is 1.04. The first-order valence-electron chi connectivity index (χ1n) is 7.44. The fourth-order valence-corrected chi connectivity index (χ4v) is 3.59. The van der Waals surface area contributed by atoms with Crippen LogP contribution in [-0.4, -0.2) is 12.1 Å². The van der Waals surface area contributed by atoms with Gasteiger partial charge in [0.15, 0.2) is 0 Å². The number of rotatable bonds is 3. The fraction of sp³-hybridized carbons (Fsp3) is 0.0500. The minimum Gasteiger partial charge on any atom is -0.497 e. The molecule has 3 heteroatoms. The van der Waals surface area contributed by atoms with Crippen LogP contribution in [0.2, 0.25) is 0 Å². The van der Waals surface area contributed by atoms with E-state index in [0.29, 0.717) is 0 Å². The van der Waals surface area contributed by atoms with E-state index >= 15 is 0 Å². The quantitative estimate of drug-likeness (QED) is 0.488. The van der Waals surface area contributed by atoms with Gasteiger partial charge in [-0.05, 0) is 29.3 Å². The number of nitrogens with zero attached hydrogens (tertiary/aromatic N) is 1. The van der Waals surface area contributed by atoms with Crippen LogP contribution in [0.4, 0.5) is 0 Å². The van der Waals surface area contributed by atoms with Crippen LogP contribution in [0.25, 0.3) is 31.9 Å². The standard InChI is InChI=1S/C20H15NOS/c1-22-17-11-12-18-19(13-17)23-20(21-18)16-9-7-15(8-10-16)14-5-3-2-4-6-14/h2-13H,1H3. The molecule has 0 amide bonds. The Hall–Kier alpha value is -2.65. The van der Waals surface area contributed by atoms with Crippen LogP contribution in [0.1, 0.15) is 0 Å². The summed E-state index contributed by atoms with van der Waals surface area (Å²) in [6.45, 7) is 0. The average Bonchev–Trinajstić information content (AvgIpc) is 3.05. The Morgan fingerprint density at radius 2 is 1.48 bits per heavy atom. The van der Waals surface area contributed by atoms with Gasteiger partial charge in [0.2, 0.25) is 0 Å². The second kappa shape index (κ2) is 5.86. The molecule has 0 saturated heterocycles. The van der Waals surface area contributed by atoms with Crippen molar-refractivity contribution < 1.29 is 4.74 Å². The molecule has 0 aliphatic rings.